The molecule has 1 heterocycles. The summed E-state index contributed by atoms with van der Waals surface area (Å²) in [6.07, 6.45) is 6.16. The molecule has 1 aromatic heterocycles. The number of hydrogen-bond acceptors (Lipinski definition) is 2. The largest absolute Gasteiger partial charge is 0.477 e. The minimum atomic E-state index is -0.910. The van der Waals surface area contributed by atoms with Crippen molar-refractivity contribution >= 4 is 18.4 Å². The average Bonchev–Trinajstić information content (AvgIpc) is 2.70. The lowest BCUT2D eigenvalue weighted by atomic mass is 9.96. The van der Waals surface area contributed by atoms with Crippen molar-refractivity contribution in [1.29, 1.82) is 0 Å². The number of rotatable bonds is 2. The number of carbonyl (C=O) groups is 1. The van der Waals surface area contributed by atoms with E-state index in [1.807, 2.05) is 12.1 Å². The molecule has 0 spiro atoms. The molecule has 4 heteroatoms. The molecule has 82 valence electrons. The van der Waals surface area contributed by atoms with Gasteiger partial charge in [-0.1, -0.05) is 18.9 Å². The summed E-state index contributed by atoms with van der Waals surface area (Å²) in [6, 6.07) is 3.71. The Hall–Kier alpha value is -1.09. The number of carboxylic acids is 1. The van der Waals surface area contributed by atoms with Gasteiger partial charge < -0.3 is 5.11 Å². The molecule has 0 saturated heterocycles. The van der Waals surface area contributed by atoms with Crippen LogP contribution in [0.15, 0.2) is 18.3 Å². The van der Waals surface area contributed by atoms with Gasteiger partial charge in [0.2, 0.25) is 0 Å². The van der Waals surface area contributed by atoms with Gasteiger partial charge in [0.05, 0.1) is 0 Å². The summed E-state index contributed by atoms with van der Waals surface area (Å²) in [4.78, 5) is 14.8. The van der Waals surface area contributed by atoms with Crippen LogP contribution in [-0.2, 0) is 0 Å². The lowest BCUT2D eigenvalue weighted by Crippen LogP contribution is -2.07. The van der Waals surface area contributed by atoms with Crippen molar-refractivity contribution in [1.82, 2.24) is 4.98 Å². The van der Waals surface area contributed by atoms with Gasteiger partial charge in [0, 0.05) is 6.20 Å². The highest BCUT2D eigenvalue weighted by Crippen LogP contribution is 2.35. The highest BCUT2D eigenvalue weighted by molar-refractivity contribution is 5.87. The summed E-state index contributed by atoms with van der Waals surface area (Å²) in [6.45, 7) is 0. The van der Waals surface area contributed by atoms with Crippen molar-refractivity contribution in [3.63, 3.8) is 0 Å². The van der Waals surface area contributed by atoms with E-state index in [9.17, 15) is 4.79 Å². The van der Waals surface area contributed by atoms with E-state index in [0.717, 1.165) is 18.4 Å². The number of aromatic nitrogens is 1. The van der Waals surface area contributed by atoms with Crippen LogP contribution in [0, 0.1) is 0 Å². The second kappa shape index (κ2) is 5.12. The molecule has 1 aliphatic carbocycles. The Bertz CT molecular complexity index is 348. The van der Waals surface area contributed by atoms with Gasteiger partial charge in [0.15, 0.2) is 5.69 Å². The van der Waals surface area contributed by atoms with Gasteiger partial charge in [-0.2, -0.15) is 0 Å². The Kier molecular flexibility index (Phi) is 4.09. The lowest BCUT2D eigenvalue weighted by molar-refractivity contribution is 0.0688. The predicted molar refractivity (Wildman–Crippen MR) is 59.7 cm³/mol. The van der Waals surface area contributed by atoms with Crippen molar-refractivity contribution in [3.8, 4) is 0 Å². The SMILES string of the molecule is Cl.O=C(O)c1ncccc1C1CCCC1. The van der Waals surface area contributed by atoms with Gasteiger partial charge in [0.25, 0.3) is 0 Å². The summed E-state index contributed by atoms with van der Waals surface area (Å²) in [5, 5.41) is 8.96. The van der Waals surface area contributed by atoms with Crippen molar-refractivity contribution in [2.24, 2.45) is 0 Å². The zero-order valence-electron chi connectivity index (χ0n) is 8.35. The molecule has 15 heavy (non-hydrogen) atoms. The van der Waals surface area contributed by atoms with Gasteiger partial charge in [0.1, 0.15) is 0 Å². The third-order valence-electron chi connectivity index (χ3n) is 2.84. The van der Waals surface area contributed by atoms with Crippen LogP contribution in [-0.4, -0.2) is 16.1 Å². The molecule has 0 amide bonds. The molecule has 2 rings (SSSR count). The first-order chi connectivity index (χ1) is 6.79. The fraction of sp³-hybridized carbons (Fsp3) is 0.455. The summed E-state index contributed by atoms with van der Waals surface area (Å²) in [5.74, 6) is -0.498. The molecular formula is C11H14ClNO2. The molecule has 1 aliphatic rings. The second-order valence-electron chi connectivity index (χ2n) is 3.73. The smallest absolute Gasteiger partial charge is 0.354 e. The molecule has 3 nitrogen and oxygen atoms in total. The number of hydrogen-bond donors (Lipinski definition) is 1. The molecule has 0 unspecified atom stereocenters. The molecule has 1 N–H and O–H groups in total. The fourth-order valence-corrected chi connectivity index (χ4v) is 2.16. The second-order valence-corrected chi connectivity index (χ2v) is 3.73. The van der Waals surface area contributed by atoms with Crippen LogP contribution in [0.25, 0.3) is 0 Å². The summed E-state index contributed by atoms with van der Waals surface area (Å²) < 4.78 is 0. The zero-order chi connectivity index (χ0) is 9.97. The highest BCUT2D eigenvalue weighted by Gasteiger charge is 2.22. The monoisotopic (exact) mass is 227 g/mol. The minimum Gasteiger partial charge on any atom is -0.477 e. The van der Waals surface area contributed by atoms with Crippen LogP contribution in [0.2, 0.25) is 0 Å². The minimum absolute atomic E-state index is 0. The zero-order valence-corrected chi connectivity index (χ0v) is 9.17. The van der Waals surface area contributed by atoms with Crippen molar-refractivity contribution in [2.75, 3.05) is 0 Å². The van der Waals surface area contributed by atoms with Gasteiger partial charge >= 0.3 is 5.97 Å². The normalized spacial score (nSPS) is 16.0. The Morgan fingerprint density at radius 3 is 2.67 bits per heavy atom. The quantitative estimate of drug-likeness (QED) is 0.845. The Morgan fingerprint density at radius 1 is 1.40 bits per heavy atom. The highest BCUT2D eigenvalue weighted by atomic mass is 35.5. The topological polar surface area (TPSA) is 50.2 Å². The molecule has 0 aromatic carbocycles. The van der Waals surface area contributed by atoms with Crippen LogP contribution < -0.4 is 0 Å². The molecule has 1 aromatic rings. The molecule has 0 radical (unpaired) electrons. The van der Waals surface area contributed by atoms with E-state index in [-0.39, 0.29) is 18.1 Å². The van der Waals surface area contributed by atoms with E-state index in [0.29, 0.717) is 5.92 Å². The van der Waals surface area contributed by atoms with Gasteiger partial charge in [-0.3, -0.25) is 0 Å². The van der Waals surface area contributed by atoms with Gasteiger partial charge in [-0.05, 0) is 30.4 Å². The van der Waals surface area contributed by atoms with Crippen LogP contribution in [0.1, 0.15) is 47.7 Å². The standard InChI is InChI=1S/C11H13NO2.ClH/c13-11(14)10-9(6-3-7-12-10)8-4-1-2-5-8;/h3,6-8H,1-2,4-5H2,(H,13,14);1H. The Labute approximate surface area is 94.9 Å². The molecule has 1 saturated carbocycles. The summed E-state index contributed by atoms with van der Waals surface area (Å²) >= 11 is 0. The predicted octanol–water partition coefficient (Wildman–Crippen LogP) is 2.86. The van der Waals surface area contributed by atoms with Crippen LogP contribution >= 0.6 is 12.4 Å². The Morgan fingerprint density at radius 2 is 2.07 bits per heavy atom. The first-order valence-electron chi connectivity index (χ1n) is 4.97. The molecule has 0 aliphatic heterocycles. The maximum Gasteiger partial charge on any atom is 0.354 e. The molecule has 1 fully saturated rings. The van der Waals surface area contributed by atoms with Crippen LogP contribution in [0.3, 0.4) is 0 Å². The fourth-order valence-electron chi connectivity index (χ4n) is 2.16. The van der Waals surface area contributed by atoms with E-state index in [2.05, 4.69) is 4.98 Å². The Balaban J connectivity index is 0.00000112. The van der Waals surface area contributed by atoms with Crippen LogP contribution in [0.5, 0.6) is 0 Å². The van der Waals surface area contributed by atoms with E-state index in [1.165, 1.54) is 12.8 Å². The lowest BCUT2D eigenvalue weighted by Gasteiger charge is -2.10. The summed E-state index contributed by atoms with van der Waals surface area (Å²) in [7, 11) is 0. The first kappa shape index (κ1) is 12.0. The van der Waals surface area contributed by atoms with E-state index in [1.54, 1.807) is 6.20 Å². The average molecular weight is 228 g/mol. The molecule has 0 atom stereocenters. The van der Waals surface area contributed by atoms with Crippen molar-refractivity contribution in [3.05, 3.63) is 29.6 Å². The third-order valence-corrected chi connectivity index (χ3v) is 2.84. The van der Waals surface area contributed by atoms with Gasteiger partial charge in [-0.15, -0.1) is 12.4 Å². The maximum atomic E-state index is 10.9. The van der Waals surface area contributed by atoms with E-state index in [4.69, 9.17) is 5.11 Å². The number of halogens is 1. The van der Waals surface area contributed by atoms with Crippen molar-refractivity contribution < 1.29 is 9.90 Å². The van der Waals surface area contributed by atoms with E-state index >= 15 is 0 Å². The molecular weight excluding hydrogens is 214 g/mol. The maximum absolute atomic E-state index is 10.9. The number of carboxylic acid groups (broad SMARTS) is 1. The van der Waals surface area contributed by atoms with Gasteiger partial charge in [-0.25, -0.2) is 9.78 Å². The van der Waals surface area contributed by atoms with E-state index < -0.39 is 5.97 Å². The number of nitrogens with zero attached hydrogens (tertiary/aromatic N) is 1. The summed E-state index contributed by atoms with van der Waals surface area (Å²) in [5.41, 5.74) is 1.15. The number of pyridine rings is 1. The van der Waals surface area contributed by atoms with Crippen molar-refractivity contribution in [2.45, 2.75) is 31.6 Å². The molecule has 0 bridgehead atoms. The number of aromatic carboxylic acids is 1. The van der Waals surface area contributed by atoms with Crippen LogP contribution in [0.4, 0.5) is 0 Å². The third kappa shape index (κ3) is 2.48. The first-order valence-corrected chi connectivity index (χ1v) is 4.97.